The monoisotopic (exact) mass is 516 g/mol. The quantitative estimate of drug-likeness (QED) is 0.389. The molecule has 0 amide bonds. The van der Waals surface area contributed by atoms with Crippen LogP contribution in [0.4, 0.5) is 0 Å². The molecule has 38 heavy (non-hydrogen) atoms. The van der Waals surface area contributed by atoms with E-state index in [1.165, 1.54) is 114 Å². The Balaban J connectivity index is 1.14. The molecule has 0 aromatic carbocycles. The first kappa shape index (κ1) is 26.6. The fourth-order valence-electron chi connectivity index (χ4n) is 9.03. The van der Waals surface area contributed by atoms with Crippen molar-refractivity contribution >= 4 is 5.84 Å². The molecule has 6 rings (SSSR count). The van der Waals surface area contributed by atoms with Crippen LogP contribution in [0.2, 0.25) is 0 Å². The molecule has 4 fully saturated rings. The molecule has 0 aromatic heterocycles. The molecule has 0 aromatic rings. The van der Waals surface area contributed by atoms with E-state index >= 15 is 0 Å². The van der Waals surface area contributed by atoms with Crippen LogP contribution in [0.1, 0.15) is 122 Å². The summed E-state index contributed by atoms with van der Waals surface area (Å²) in [4.78, 5) is 5.49. The van der Waals surface area contributed by atoms with E-state index in [4.69, 9.17) is 4.99 Å². The third kappa shape index (κ3) is 6.24. The van der Waals surface area contributed by atoms with Gasteiger partial charge in [0.25, 0.3) is 0 Å². The first-order valence-electron chi connectivity index (χ1n) is 16.6. The van der Waals surface area contributed by atoms with Crippen LogP contribution in [0.15, 0.2) is 28.8 Å². The molecule has 0 saturated heterocycles. The molecule has 1 aliphatic heterocycles. The highest BCUT2D eigenvalue weighted by atomic mass is 15.3. The van der Waals surface area contributed by atoms with E-state index in [1.807, 2.05) is 0 Å². The molecule has 0 spiro atoms. The van der Waals surface area contributed by atoms with Gasteiger partial charge in [0.15, 0.2) is 0 Å². The Kier molecular flexibility index (Phi) is 8.90. The first-order valence-corrected chi connectivity index (χ1v) is 16.6. The lowest BCUT2D eigenvalue weighted by Gasteiger charge is -2.43. The number of rotatable bonds is 5. The molecule has 4 heteroatoms. The summed E-state index contributed by atoms with van der Waals surface area (Å²) in [5.74, 6) is 6.05. The maximum atomic E-state index is 9.28. The predicted octanol–water partition coefficient (Wildman–Crippen LogP) is 8.03. The van der Waals surface area contributed by atoms with Crippen molar-refractivity contribution in [2.75, 3.05) is 0 Å². The van der Waals surface area contributed by atoms with E-state index in [2.05, 4.69) is 34.9 Å². The lowest BCUT2D eigenvalue weighted by Crippen LogP contribution is -2.60. The van der Waals surface area contributed by atoms with Crippen LogP contribution in [-0.2, 0) is 0 Å². The van der Waals surface area contributed by atoms with Gasteiger partial charge in [-0.25, -0.2) is 0 Å². The SMILES string of the molecule is N#CC1CCC(C2=CCC(C3N=C(C4CCCC(C5CCCCC5)C4)NC(C4CCCCC4)N3)C=C2)CC1. The molecule has 208 valence electrons. The van der Waals surface area contributed by atoms with E-state index in [-0.39, 0.29) is 12.1 Å². The van der Waals surface area contributed by atoms with Crippen LogP contribution in [0.25, 0.3) is 0 Å². The number of allylic oxidation sites excluding steroid dienone is 3. The molecule has 5 unspecified atom stereocenters. The lowest BCUT2D eigenvalue weighted by atomic mass is 9.70. The summed E-state index contributed by atoms with van der Waals surface area (Å²) in [7, 11) is 0. The largest absolute Gasteiger partial charge is 0.358 e. The summed E-state index contributed by atoms with van der Waals surface area (Å²) in [5, 5.41) is 17.3. The third-order valence-electron chi connectivity index (χ3n) is 11.4. The number of nitrogens with zero attached hydrogens (tertiary/aromatic N) is 2. The van der Waals surface area contributed by atoms with Gasteiger partial charge in [-0.15, -0.1) is 0 Å². The Bertz CT molecular complexity index is 907. The van der Waals surface area contributed by atoms with Crippen LogP contribution in [0.5, 0.6) is 0 Å². The topological polar surface area (TPSA) is 60.2 Å². The zero-order chi connectivity index (χ0) is 25.7. The standard InChI is InChI=1S/C34H52N4/c35-23-24-14-16-26(17-15-24)27-18-20-29(21-19-27)33-36-32(28-10-5-2-6-11-28)37-34(38-33)31-13-7-12-30(22-31)25-8-3-1-4-9-25/h18-20,24-26,28-33,36H,1-17,21-22H2,(H,37,38). The Morgan fingerprint density at radius 1 is 0.737 bits per heavy atom. The summed E-state index contributed by atoms with van der Waals surface area (Å²) >= 11 is 0. The lowest BCUT2D eigenvalue weighted by molar-refractivity contribution is 0.171. The number of nitriles is 1. The molecular formula is C34H52N4. The average Bonchev–Trinajstić information content (AvgIpc) is 3.02. The molecule has 2 N–H and O–H groups in total. The van der Waals surface area contributed by atoms with Crippen molar-refractivity contribution in [2.45, 2.75) is 134 Å². The summed E-state index contributed by atoms with van der Waals surface area (Å²) in [6, 6.07) is 2.49. The minimum absolute atomic E-state index is 0.205. The fourth-order valence-corrected chi connectivity index (χ4v) is 9.03. The molecule has 1 heterocycles. The van der Waals surface area contributed by atoms with E-state index < -0.39 is 0 Å². The van der Waals surface area contributed by atoms with Crippen molar-refractivity contribution in [1.29, 1.82) is 5.26 Å². The average molecular weight is 517 g/mol. The molecule has 0 radical (unpaired) electrons. The van der Waals surface area contributed by atoms with Crippen molar-refractivity contribution < 1.29 is 0 Å². The third-order valence-corrected chi connectivity index (χ3v) is 11.4. The van der Waals surface area contributed by atoms with Crippen molar-refractivity contribution in [3.8, 4) is 6.07 Å². The molecule has 5 aliphatic carbocycles. The Labute approximate surface area is 232 Å². The van der Waals surface area contributed by atoms with Gasteiger partial charge in [-0.2, -0.15) is 5.26 Å². The van der Waals surface area contributed by atoms with Gasteiger partial charge < -0.3 is 5.32 Å². The van der Waals surface area contributed by atoms with Crippen LogP contribution in [-0.4, -0.2) is 18.2 Å². The van der Waals surface area contributed by atoms with Crippen molar-refractivity contribution in [2.24, 2.45) is 46.4 Å². The molecule has 4 nitrogen and oxygen atoms in total. The maximum absolute atomic E-state index is 9.28. The Hall–Kier alpha value is -1.60. The van der Waals surface area contributed by atoms with E-state index in [0.717, 1.165) is 37.0 Å². The Morgan fingerprint density at radius 2 is 1.45 bits per heavy atom. The van der Waals surface area contributed by atoms with Gasteiger partial charge in [-0.1, -0.05) is 82.4 Å². The number of nitrogens with one attached hydrogen (secondary N) is 2. The fraction of sp³-hybridized carbons (Fsp3) is 0.824. The molecular weight excluding hydrogens is 464 g/mol. The second kappa shape index (κ2) is 12.7. The van der Waals surface area contributed by atoms with Crippen molar-refractivity contribution in [3.05, 3.63) is 23.8 Å². The molecule has 6 aliphatic rings. The highest BCUT2D eigenvalue weighted by molar-refractivity contribution is 5.85. The van der Waals surface area contributed by atoms with Gasteiger partial charge in [0.1, 0.15) is 12.0 Å². The van der Waals surface area contributed by atoms with Gasteiger partial charge in [0.2, 0.25) is 0 Å². The summed E-state index contributed by atoms with van der Waals surface area (Å²) in [6.45, 7) is 0. The summed E-state index contributed by atoms with van der Waals surface area (Å²) in [5.41, 5.74) is 1.53. The zero-order valence-corrected chi connectivity index (χ0v) is 23.8. The predicted molar refractivity (Wildman–Crippen MR) is 156 cm³/mol. The van der Waals surface area contributed by atoms with Gasteiger partial charge in [0.05, 0.1) is 12.2 Å². The van der Waals surface area contributed by atoms with Gasteiger partial charge in [0, 0.05) is 17.8 Å². The van der Waals surface area contributed by atoms with Gasteiger partial charge >= 0.3 is 0 Å². The smallest absolute Gasteiger partial charge is 0.110 e. The molecule has 0 bridgehead atoms. The highest BCUT2D eigenvalue weighted by Crippen LogP contribution is 2.42. The van der Waals surface area contributed by atoms with Crippen LogP contribution >= 0.6 is 0 Å². The van der Waals surface area contributed by atoms with Crippen molar-refractivity contribution in [1.82, 2.24) is 10.6 Å². The number of amidine groups is 1. The highest BCUT2D eigenvalue weighted by Gasteiger charge is 2.38. The Morgan fingerprint density at radius 3 is 2.13 bits per heavy atom. The molecule has 5 atom stereocenters. The van der Waals surface area contributed by atoms with Crippen molar-refractivity contribution in [3.63, 3.8) is 0 Å². The van der Waals surface area contributed by atoms with Crippen LogP contribution < -0.4 is 10.6 Å². The zero-order valence-electron chi connectivity index (χ0n) is 23.8. The number of aliphatic imine (C=N–C) groups is 1. The second-order valence-corrected chi connectivity index (χ2v) is 13.8. The second-order valence-electron chi connectivity index (χ2n) is 13.8. The van der Waals surface area contributed by atoms with E-state index in [0.29, 0.717) is 23.9 Å². The number of hydrogen-bond donors (Lipinski definition) is 2. The molecule has 4 saturated carbocycles. The van der Waals surface area contributed by atoms with Gasteiger partial charge in [-0.05, 0) is 87.0 Å². The van der Waals surface area contributed by atoms with Crippen LogP contribution in [0, 0.1) is 52.8 Å². The summed E-state index contributed by atoms with van der Waals surface area (Å²) < 4.78 is 0. The van der Waals surface area contributed by atoms with E-state index in [1.54, 1.807) is 0 Å². The maximum Gasteiger partial charge on any atom is 0.110 e. The number of hydrogen-bond acceptors (Lipinski definition) is 4. The summed E-state index contributed by atoms with van der Waals surface area (Å²) in [6.07, 6.45) is 33.4. The minimum Gasteiger partial charge on any atom is -0.358 e. The first-order chi connectivity index (χ1) is 18.8. The van der Waals surface area contributed by atoms with Gasteiger partial charge in [-0.3, -0.25) is 10.3 Å². The van der Waals surface area contributed by atoms with E-state index in [9.17, 15) is 5.26 Å². The normalized spacial score (nSPS) is 39.5. The van der Waals surface area contributed by atoms with Crippen LogP contribution in [0.3, 0.4) is 0 Å². The minimum atomic E-state index is 0.205.